The molecule has 0 radical (unpaired) electrons. The molecular weight excluding hydrogens is 204 g/mol. The second kappa shape index (κ2) is 10.2. The van der Waals surface area contributed by atoms with Crippen molar-refractivity contribution in [3.63, 3.8) is 0 Å². The summed E-state index contributed by atoms with van der Waals surface area (Å²) in [7, 11) is -0.549. The maximum Gasteiger partial charge on any atom is 0.305 e. The van der Waals surface area contributed by atoms with Gasteiger partial charge in [-0.05, 0) is 12.5 Å². The molecule has 0 aliphatic rings. The average molecular weight is 230 g/mol. The number of hydrogen-bond acceptors (Lipinski definition) is 2. The molecule has 0 N–H and O–H groups in total. The van der Waals surface area contributed by atoms with Gasteiger partial charge in [-0.3, -0.25) is 4.79 Å². The minimum Gasteiger partial charge on any atom is -0.466 e. The molecule has 0 aromatic carbocycles. The monoisotopic (exact) mass is 230 g/mol. The van der Waals surface area contributed by atoms with Crippen molar-refractivity contribution in [2.45, 2.75) is 64.6 Å². The van der Waals surface area contributed by atoms with E-state index in [0.29, 0.717) is 13.0 Å². The summed E-state index contributed by atoms with van der Waals surface area (Å²) in [5.41, 5.74) is 0. The second-order valence-corrected chi connectivity index (χ2v) is 7.93. The maximum atomic E-state index is 11.3. The smallest absolute Gasteiger partial charge is 0.305 e. The summed E-state index contributed by atoms with van der Waals surface area (Å²) in [6.45, 7) is 7.40. The largest absolute Gasteiger partial charge is 0.466 e. The number of hydrogen-bond donors (Lipinski definition) is 0. The zero-order valence-corrected chi connectivity index (χ0v) is 11.7. The van der Waals surface area contributed by atoms with Crippen molar-refractivity contribution in [1.29, 1.82) is 0 Å². The Bertz CT molecular complexity index is 158. The van der Waals surface area contributed by atoms with E-state index in [2.05, 4.69) is 20.0 Å². The molecule has 15 heavy (non-hydrogen) atoms. The zero-order chi connectivity index (χ0) is 11.5. The van der Waals surface area contributed by atoms with Gasteiger partial charge in [0.1, 0.15) is 0 Å². The number of unbranched alkanes of at least 4 members (excludes halogenated alkanes) is 4. The lowest BCUT2D eigenvalue weighted by molar-refractivity contribution is -0.143. The summed E-state index contributed by atoms with van der Waals surface area (Å²) in [5, 5.41) is 0. The lowest BCUT2D eigenvalue weighted by Gasteiger charge is -2.05. The van der Waals surface area contributed by atoms with Gasteiger partial charge in [-0.15, -0.1) is 0 Å². The Kier molecular flexibility index (Phi) is 10.00. The Morgan fingerprint density at radius 2 is 1.80 bits per heavy atom. The third-order valence-corrected chi connectivity index (χ3v) is 3.83. The van der Waals surface area contributed by atoms with Crippen LogP contribution in [0.2, 0.25) is 19.1 Å². The summed E-state index contributed by atoms with van der Waals surface area (Å²) >= 11 is 0. The predicted octanol–water partition coefficient (Wildman–Crippen LogP) is 3.38. The van der Waals surface area contributed by atoms with Crippen LogP contribution in [0.5, 0.6) is 0 Å². The van der Waals surface area contributed by atoms with Crippen LogP contribution in [0.3, 0.4) is 0 Å². The predicted molar refractivity (Wildman–Crippen MR) is 68.0 cm³/mol. The van der Waals surface area contributed by atoms with Gasteiger partial charge in [-0.2, -0.15) is 0 Å². The normalized spacial score (nSPS) is 10.7. The summed E-state index contributed by atoms with van der Waals surface area (Å²) in [6.07, 6.45) is 6.57. The molecule has 90 valence electrons. The minimum atomic E-state index is -0.549. The summed E-state index contributed by atoms with van der Waals surface area (Å²) in [5.74, 6) is 0.00106. The highest BCUT2D eigenvalue weighted by Crippen LogP contribution is 2.06. The topological polar surface area (TPSA) is 26.3 Å². The van der Waals surface area contributed by atoms with E-state index in [1.165, 1.54) is 25.7 Å². The van der Waals surface area contributed by atoms with Crippen molar-refractivity contribution in [3.05, 3.63) is 0 Å². The molecule has 0 rings (SSSR count). The second-order valence-electron chi connectivity index (χ2n) is 4.57. The summed E-state index contributed by atoms with van der Waals surface area (Å²) in [4.78, 5) is 11.3. The van der Waals surface area contributed by atoms with Gasteiger partial charge in [0.05, 0.1) is 6.61 Å². The van der Waals surface area contributed by atoms with Crippen LogP contribution in [0, 0.1) is 0 Å². The van der Waals surface area contributed by atoms with Gasteiger partial charge in [0.2, 0.25) is 0 Å². The fraction of sp³-hybridized carbons (Fsp3) is 0.917. The van der Waals surface area contributed by atoms with Crippen LogP contribution in [0.4, 0.5) is 0 Å². The molecule has 0 unspecified atom stereocenters. The van der Waals surface area contributed by atoms with Gasteiger partial charge in [-0.25, -0.2) is 0 Å². The van der Waals surface area contributed by atoms with E-state index in [1.807, 2.05) is 0 Å². The first kappa shape index (κ1) is 14.7. The van der Waals surface area contributed by atoms with Crippen LogP contribution in [0.25, 0.3) is 0 Å². The van der Waals surface area contributed by atoms with E-state index in [-0.39, 0.29) is 5.97 Å². The van der Waals surface area contributed by atoms with Gasteiger partial charge >= 0.3 is 5.97 Å². The number of carbonyl (C=O) groups excluding carboxylic acids is 1. The third-order valence-electron chi connectivity index (χ3n) is 2.44. The minimum absolute atomic E-state index is 0.00106. The van der Waals surface area contributed by atoms with E-state index >= 15 is 0 Å². The molecule has 0 amide bonds. The number of esters is 1. The number of ether oxygens (including phenoxy) is 1. The lowest BCUT2D eigenvalue weighted by Crippen LogP contribution is -2.10. The summed E-state index contributed by atoms with van der Waals surface area (Å²) < 4.78 is 5.16. The molecule has 0 heterocycles. The molecular formula is C12H26O2Si. The van der Waals surface area contributed by atoms with Crippen LogP contribution in [-0.4, -0.2) is 21.4 Å². The molecule has 3 heteroatoms. The first-order chi connectivity index (χ1) is 7.16. The highest BCUT2D eigenvalue weighted by molar-refractivity contribution is 6.55. The van der Waals surface area contributed by atoms with Gasteiger partial charge in [0, 0.05) is 15.2 Å². The average Bonchev–Trinajstić information content (AvgIpc) is 2.17. The van der Waals surface area contributed by atoms with Crippen molar-refractivity contribution >= 4 is 14.8 Å². The van der Waals surface area contributed by atoms with Gasteiger partial charge in [-0.1, -0.05) is 45.7 Å². The Balaban J connectivity index is 3.19. The quantitative estimate of drug-likeness (QED) is 0.345. The van der Waals surface area contributed by atoms with Gasteiger partial charge < -0.3 is 4.74 Å². The van der Waals surface area contributed by atoms with E-state index in [9.17, 15) is 4.79 Å². The van der Waals surface area contributed by atoms with Crippen LogP contribution in [-0.2, 0) is 9.53 Å². The fourth-order valence-corrected chi connectivity index (χ4v) is 1.94. The van der Waals surface area contributed by atoms with Crippen molar-refractivity contribution in [1.82, 2.24) is 0 Å². The van der Waals surface area contributed by atoms with E-state index in [4.69, 9.17) is 4.74 Å². The van der Waals surface area contributed by atoms with Gasteiger partial charge in [0.15, 0.2) is 0 Å². The van der Waals surface area contributed by atoms with Crippen molar-refractivity contribution in [2.24, 2.45) is 0 Å². The first-order valence-electron chi connectivity index (χ1n) is 6.32. The molecule has 0 spiro atoms. The van der Waals surface area contributed by atoms with Crippen molar-refractivity contribution < 1.29 is 9.53 Å². The van der Waals surface area contributed by atoms with Crippen molar-refractivity contribution in [3.8, 4) is 0 Å². The molecule has 0 aromatic heterocycles. The van der Waals surface area contributed by atoms with Crippen molar-refractivity contribution in [2.75, 3.05) is 6.61 Å². The standard InChI is InChI=1S/C12H26O2Si/c1-4-5-6-7-8-9-12(13)14-10-11-15(2)3/h15H,4-11H2,1-3H3. The summed E-state index contributed by atoms with van der Waals surface area (Å²) in [6, 6.07) is 1.11. The third kappa shape index (κ3) is 11.6. The Labute approximate surface area is 96.0 Å². The molecule has 0 atom stereocenters. The molecule has 0 aliphatic carbocycles. The van der Waals surface area contributed by atoms with Crippen LogP contribution < -0.4 is 0 Å². The van der Waals surface area contributed by atoms with Crippen LogP contribution in [0.15, 0.2) is 0 Å². The molecule has 0 bridgehead atoms. The van der Waals surface area contributed by atoms with Crippen LogP contribution >= 0.6 is 0 Å². The van der Waals surface area contributed by atoms with Crippen LogP contribution in [0.1, 0.15) is 45.4 Å². The van der Waals surface area contributed by atoms with E-state index in [1.54, 1.807) is 0 Å². The van der Waals surface area contributed by atoms with E-state index in [0.717, 1.165) is 12.5 Å². The Morgan fingerprint density at radius 3 is 2.40 bits per heavy atom. The number of rotatable bonds is 9. The zero-order valence-electron chi connectivity index (χ0n) is 10.6. The first-order valence-corrected chi connectivity index (χ1v) is 9.45. The number of carbonyl (C=O) groups is 1. The molecule has 0 fully saturated rings. The van der Waals surface area contributed by atoms with E-state index < -0.39 is 8.80 Å². The Morgan fingerprint density at radius 1 is 1.13 bits per heavy atom. The molecule has 2 nitrogen and oxygen atoms in total. The molecule has 0 aromatic rings. The SMILES string of the molecule is CCCCCCCC(=O)OCC[SiH](C)C. The fourth-order valence-electron chi connectivity index (χ4n) is 1.35. The Hall–Kier alpha value is -0.313. The lowest BCUT2D eigenvalue weighted by atomic mass is 10.1. The molecule has 0 saturated carbocycles. The molecule has 0 aliphatic heterocycles. The highest BCUT2D eigenvalue weighted by Gasteiger charge is 2.03. The molecule has 0 saturated heterocycles. The maximum absolute atomic E-state index is 11.3. The van der Waals surface area contributed by atoms with Gasteiger partial charge in [0.25, 0.3) is 0 Å². The highest BCUT2D eigenvalue weighted by atomic mass is 28.3.